The van der Waals surface area contributed by atoms with Gasteiger partial charge in [0.05, 0.1) is 22.6 Å². The van der Waals surface area contributed by atoms with E-state index in [0.717, 1.165) is 29.1 Å². The van der Waals surface area contributed by atoms with Gasteiger partial charge in [0.15, 0.2) is 0 Å². The van der Waals surface area contributed by atoms with Crippen LogP contribution < -0.4 is 9.62 Å². The van der Waals surface area contributed by atoms with Crippen LogP contribution in [-0.2, 0) is 27.0 Å². The summed E-state index contributed by atoms with van der Waals surface area (Å²) in [6, 6.07) is 16.4. The van der Waals surface area contributed by atoms with Gasteiger partial charge in [0.25, 0.3) is 10.0 Å². The van der Waals surface area contributed by atoms with Crippen molar-refractivity contribution in [1.29, 1.82) is 0 Å². The molecule has 1 N–H and O–H groups in total. The molecule has 0 unspecified atom stereocenters. The number of nitrogens with one attached hydrogen (secondary N) is 1. The van der Waals surface area contributed by atoms with Gasteiger partial charge < -0.3 is 9.73 Å². The molecule has 2 aromatic carbocycles. The molecule has 31 heavy (non-hydrogen) atoms. The van der Waals surface area contributed by atoms with Gasteiger partial charge in [-0.15, -0.1) is 0 Å². The van der Waals surface area contributed by atoms with Crippen molar-refractivity contribution in [2.45, 2.75) is 24.0 Å². The summed E-state index contributed by atoms with van der Waals surface area (Å²) in [6.07, 6.45) is 2.48. The highest BCUT2D eigenvalue weighted by atomic mass is 32.2. The summed E-state index contributed by atoms with van der Waals surface area (Å²) in [5.74, 6) is 2.00. The second-order valence-electron chi connectivity index (χ2n) is 7.19. The molecule has 1 amide bonds. The van der Waals surface area contributed by atoms with E-state index in [9.17, 15) is 13.2 Å². The second-order valence-corrected chi connectivity index (χ2v) is 10.1. The average Bonchev–Trinajstić information content (AvgIpc) is 3.30. The van der Waals surface area contributed by atoms with Crippen molar-refractivity contribution in [2.75, 3.05) is 23.1 Å². The number of benzene rings is 2. The van der Waals surface area contributed by atoms with Crippen LogP contribution in [0, 0.1) is 0 Å². The molecule has 4 rings (SSSR count). The lowest BCUT2D eigenvalue weighted by Crippen LogP contribution is -2.43. The first-order chi connectivity index (χ1) is 15.0. The highest BCUT2D eigenvalue weighted by molar-refractivity contribution is 7.98. The number of hydrogen-bond donors (Lipinski definition) is 1. The van der Waals surface area contributed by atoms with E-state index < -0.39 is 10.0 Å². The summed E-state index contributed by atoms with van der Waals surface area (Å²) < 4.78 is 33.1. The van der Waals surface area contributed by atoms with E-state index in [-0.39, 0.29) is 17.3 Å². The van der Waals surface area contributed by atoms with Crippen LogP contribution in [0.2, 0.25) is 0 Å². The van der Waals surface area contributed by atoms with Crippen molar-refractivity contribution < 1.29 is 17.6 Å². The number of rotatable bonds is 8. The Morgan fingerprint density at radius 2 is 1.94 bits per heavy atom. The Morgan fingerprint density at radius 1 is 1.10 bits per heavy atom. The summed E-state index contributed by atoms with van der Waals surface area (Å²) in [6.45, 7) is 2.26. The van der Waals surface area contributed by atoms with E-state index in [1.54, 1.807) is 36.2 Å². The Morgan fingerprint density at radius 3 is 2.71 bits per heavy atom. The molecule has 1 aliphatic heterocycles. The Hall–Kier alpha value is -2.71. The number of amides is 1. The van der Waals surface area contributed by atoms with E-state index in [1.165, 1.54) is 4.31 Å². The lowest BCUT2D eigenvalue weighted by molar-refractivity contribution is -0.119. The van der Waals surface area contributed by atoms with E-state index in [4.69, 9.17) is 4.42 Å². The largest absolute Gasteiger partial charge is 0.468 e. The van der Waals surface area contributed by atoms with Gasteiger partial charge in [0.2, 0.25) is 5.91 Å². The van der Waals surface area contributed by atoms with Crippen LogP contribution in [0.25, 0.3) is 11.1 Å². The molecular weight excluding hydrogens is 432 g/mol. The van der Waals surface area contributed by atoms with E-state index in [0.29, 0.717) is 23.5 Å². The Kier molecular flexibility index (Phi) is 6.38. The Bertz CT molecular complexity index is 1170. The monoisotopic (exact) mass is 456 g/mol. The van der Waals surface area contributed by atoms with Gasteiger partial charge in [-0.25, -0.2) is 8.42 Å². The minimum Gasteiger partial charge on any atom is -0.468 e. The van der Waals surface area contributed by atoms with Crippen molar-refractivity contribution >= 4 is 33.4 Å². The maximum atomic E-state index is 13.3. The van der Waals surface area contributed by atoms with Gasteiger partial charge in [-0.3, -0.25) is 9.10 Å². The summed E-state index contributed by atoms with van der Waals surface area (Å²) >= 11 is 1.64. The van der Waals surface area contributed by atoms with Gasteiger partial charge in [0.1, 0.15) is 12.3 Å². The number of furan rings is 1. The molecule has 0 saturated carbocycles. The fourth-order valence-corrected chi connectivity index (χ4v) is 5.99. The topological polar surface area (TPSA) is 79.6 Å². The number of sulfonamides is 1. The molecule has 0 saturated heterocycles. The number of fused-ring (bicyclic) bond motifs is 3. The summed E-state index contributed by atoms with van der Waals surface area (Å²) in [7, 11) is -3.82. The lowest BCUT2D eigenvalue weighted by atomic mass is 9.99. The van der Waals surface area contributed by atoms with Crippen LogP contribution in [0.4, 0.5) is 5.69 Å². The molecule has 8 heteroatoms. The maximum Gasteiger partial charge on any atom is 0.265 e. The third-order valence-electron chi connectivity index (χ3n) is 5.16. The first-order valence-electron chi connectivity index (χ1n) is 10.1. The number of nitrogens with zero attached hydrogens (tertiary/aromatic N) is 1. The van der Waals surface area contributed by atoms with E-state index in [2.05, 4.69) is 12.2 Å². The highest BCUT2D eigenvalue weighted by Crippen LogP contribution is 2.43. The predicted octanol–water partition coefficient (Wildman–Crippen LogP) is 4.07. The zero-order chi connectivity index (χ0) is 21.8. The second kappa shape index (κ2) is 9.20. The van der Waals surface area contributed by atoms with Gasteiger partial charge >= 0.3 is 0 Å². The van der Waals surface area contributed by atoms with Gasteiger partial charge in [-0.2, -0.15) is 11.8 Å². The summed E-state index contributed by atoms with van der Waals surface area (Å²) in [5, 5.41) is 2.83. The van der Waals surface area contributed by atoms with Gasteiger partial charge in [-0.05, 0) is 42.3 Å². The molecule has 0 fully saturated rings. The van der Waals surface area contributed by atoms with Crippen molar-refractivity contribution in [3.8, 4) is 11.1 Å². The Labute approximate surface area is 186 Å². The highest BCUT2D eigenvalue weighted by Gasteiger charge is 2.35. The third kappa shape index (κ3) is 4.50. The summed E-state index contributed by atoms with van der Waals surface area (Å²) in [5.41, 5.74) is 3.18. The Balaban J connectivity index is 1.48. The van der Waals surface area contributed by atoms with Gasteiger partial charge in [-0.1, -0.05) is 31.2 Å². The number of carbonyl (C=O) groups is 1. The molecule has 0 atom stereocenters. The molecule has 0 radical (unpaired) electrons. The molecule has 6 nitrogen and oxygen atoms in total. The van der Waals surface area contributed by atoms with Crippen LogP contribution in [0.5, 0.6) is 0 Å². The van der Waals surface area contributed by atoms with Crippen molar-refractivity contribution in [1.82, 2.24) is 5.32 Å². The first-order valence-corrected chi connectivity index (χ1v) is 12.7. The molecule has 1 aliphatic rings. The predicted molar refractivity (Wildman–Crippen MR) is 124 cm³/mol. The normalized spacial score (nSPS) is 14.0. The quantitative estimate of drug-likeness (QED) is 0.517. The number of carbonyl (C=O) groups excluding carboxylic acids is 1. The molecule has 162 valence electrons. The van der Waals surface area contributed by atoms with Gasteiger partial charge in [0, 0.05) is 23.4 Å². The molecular formula is C23H24N2O4S2. The first kappa shape index (κ1) is 21.5. The van der Waals surface area contributed by atoms with Crippen LogP contribution in [-0.4, -0.2) is 33.2 Å². The lowest BCUT2D eigenvalue weighted by Gasteiger charge is -2.32. The zero-order valence-electron chi connectivity index (χ0n) is 17.2. The minimum atomic E-state index is -3.82. The minimum absolute atomic E-state index is 0.234. The molecule has 0 aliphatic carbocycles. The summed E-state index contributed by atoms with van der Waals surface area (Å²) in [4.78, 5) is 12.8. The average molecular weight is 457 g/mol. The number of thioether (sulfide) groups is 1. The van der Waals surface area contributed by atoms with Crippen molar-refractivity contribution in [3.63, 3.8) is 0 Å². The van der Waals surface area contributed by atoms with Crippen LogP contribution in [0.3, 0.4) is 0 Å². The standard InChI is InChI=1S/C23H24N2O4S2/c1-2-17-9-10-21-20(14-17)19-7-3-4-8-22(19)31(27,28)25(21)15-23(26)24-11-13-30-16-18-6-5-12-29-18/h3-10,12,14H,2,11,13,15-16H2,1H3,(H,24,26). The number of anilines is 1. The molecule has 0 spiro atoms. The molecule has 2 heterocycles. The number of hydrogen-bond acceptors (Lipinski definition) is 5. The fraction of sp³-hybridized carbons (Fsp3) is 0.261. The van der Waals surface area contributed by atoms with E-state index in [1.807, 2.05) is 36.4 Å². The van der Waals surface area contributed by atoms with Crippen molar-refractivity contribution in [3.05, 3.63) is 72.2 Å². The molecule has 3 aromatic rings. The van der Waals surface area contributed by atoms with Crippen molar-refractivity contribution in [2.24, 2.45) is 0 Å². The van der Waals surface area contributed by atoms with Crippen LogP contribution >= 0.6 is 11.8 Å². The molecule has 1 aromatic heterocycles. The van der Waals surface area contributed by atoms with Crippen LogP contribution in [0.1, 0.15) is 18.2 Å². The maximum absolute atomic E-state index is 13.3. The van der Waals surface area contributed by atoms with Crippen LogP contribution in [0.15, 0.2) is 70.2 Å². The fourth-order valence-electron chi connectivity index (χ4n) is 3.59. The third-order valence-corrected chi connectivity index (χ3v) is 7.96. The van der Waals surface area contributed by atoms with E-state index >= 15 is 0 Å². The SMILES string of the molecule is CCc1ccc2c(c1)-c1ccccc1S(=O)(=O)N2CC(=O)NCCSCc1ccco1. The smallest absolute Gasteiger partial charge is 0.265 e. The number of aryl methyl sites for hydroxylation is 1. The molecule has 0 bridgehead atoms. The zero-order valence-corrected chi connectivity index (χ0v) is 18.8.